The maximum Gasteiger partial charge on any atom is 0.326 e. The molecule has 0 aromatic heterocycles. The van der Waals surface area contributed by atoms with E-state index in [1.54, 1.807) is 11.8 Å². The topological polar surface area (TPSA) is 78.4 Å². The fourth-order valence-electron chi connectivity index (χ4n) is 2.54. The van der Waals surface area contributed by atoms with Crippen molar-refractivity contribution < 1.29 is 14.7 Å². The lowest BCUT2D eigenvalue weighted by Gasteiger charge is -2.17. The van der Waals surface area contributed by atoms with Crippen LogP contribution in [0.1, 0.15) is 17.5 Å². The first kappa shape index (κ1) is 15.7. The predicted molar refractivity (Wildman–Crippen MR) is 83.7 cm³/mol. The lowest BCUT2D eigenvalue weighted by Crippen LogP contribution is -2.49. The van der Waals surface area contributed by atoms with Gasteiger partial charge in [-0.25, -0.2) is 9.59 Å². The van der Waals surface area contributed by atoms with Crippen molar-refractivity contribution in [2.75, 3.05) is 12.0 Å². The van der Waals surface area contributed by atoms with Crippen molar-refractivity contribution in [1.82, 2.24) is 10.6 Å². The first-order chi connectivity index (χ1) is 10.1. The fourth-order valence-corrected chi connectivity index (χ4v) is 3.01. The Morgan fingerprint density at radius 2 is 1.95 bits per heavy atom. The molecule has 1 aliphatic carbocycles. The van der Waals surface area contributed by atoms with Crippen LogP contribution in [0.25, 0.3) is 0 Å². The second-order valence-electron chi connectivity index (χ2n) is 5.16. The van der Waals surface area contributed by atoms with Crippen LogP contribution >= 0.6 is 11.8 Å². The molecule has 1 aromatic rings. The fraction of sp³-hybridized carbons (Fsp3) is 0.467. The van der Waals surface area contributed by atoms with Crippen LogP contribution < -0.4 is 10.6 Å². The van der Waals surface area contributed by atoms with Crippen molar-refractivity contribution in [3.8, 4) is 0 Å². The molecule has 0 radical (unpaired) electrons. The number of carbonyl (C=O) groups excluding carboxylic acids is 1. The van der Waals surface area contributed by atoms with E-state index in [-0.39, 0.29) is 6.04 Å². The minimum atomic E-state index is -0.992. The standard InChI is InChI=1S/C15H20N2O3S/c1-21-7-6-13(14(18)19)17-15(20)16-12-8-10-4-2-3-5-11(10)9-12/h2-5,12-13H,6-9H2,1H3,(H,18,19)(H2,16,17,20)/t13-/m0/s1. The third-order valence-corrected chi connectivity index (χ3v) is 4.24. The average Bonchev–Trinajstić information content (AvgIpc) is 2.85. The summed E-state index contributed by atoms with van der Waals surface area (Å²) in [5.41, 5.74) is 2.50. The number of aliphatic carboxylic acids is 1. The minimum Gasteiger partial charge on any atom is -0.480 e. The maximum atomic E-state index is 11.9. The molecule has 21 heavy (non-hydrogen) atoms. The minimum absolute atomic E-state index is 0.0393. The molecule has 0 bridgehead atoms. The van der Waals surface area contributed by atoms with Crippen LogP contribution in [0.15, 0.2) is 24.3 Å². The summed E-state index contributed by atoms with van der Waals surface area (Å²) >= 11 is 1.56. The summed E-state index contributed by atoms with van der Waals surface area (Å²) in [6, 6.07) is 6.91. The van der Waals surface area contributed by atoms with E-state index in [2.05, 4.69) is 22.8 Å². The number of benzene rings is 1. The Hall–Kier alpha value is -1.69. The van der Waals surface area contributed by atoms with E-state index in [9.17, 15) is 9.59 Å². The largest absolute Gasteiger partial charge is 0.480 e. The Kier molecular flexibility index (Phi) is 5.50. The number of rotatable bonds is 6. The number of thioether (sulfide) groups is 1. The number of hydrogen-bond donors (Lipinski definition) is 3. The molecule has 0 aliphatic heterocycles. The van der Waals surface area contributed by atoms with Gasteiger partial charge in [-0.1, -0.05) is 24.3 Å². The van der Waals surface area contributed by atoms with Crippen LogP contribution in [-0.4, -0.2) is 41.2 Å². The molecule has 0 saturated heterocycles. The first-order valence-corrected chi connectivity index (χ1v) is 8.35. The Morgan fingerprint density at radius 3 is 2.48 bits per heavy atom. The molecule has 0 spiro atoms. The Labute approximate surface area is 128 Å². The van der Waals surface area contributed by atoms with Gasteiger partial charge in [0.1, 0.15) is 6.04 Å². The van der Waals surface area contributed by atoms with E-state index >= 15 is 0 Å². The molecule has 114 valence electrons. The molecule has 1 aliphatic rings. The van der Waals surface area contributed by atoms with Crippen LogP contribution in [0.3, 0.4) is 0 Å². The third-order valence-electron chi connectivity index (χ3n) is 3.60. The summed E-state index contributed by atoms with van der Waals surface area (Å²) in [7, 11) is 0. The first-order valence-electron chi connectivity index (χ1n) is 6.95. The number of hydrogen-bond acceptors (Lipinski definition) is 3. The Balaban J connectivity index is 1.83. The third kappa shape index (κ3) is 4.39. The average molecular weight is 308 g/mol. The van der Waals surface area contributed by atoms with Gasteiger partial charge in [0.2, 0.25) is 0 Å². The van der Waals surface area contributed by atoms with E-state index in [0.29, 0.717) is 12.2 Å². The Bertz CT molecular complexity index is 496. The second-order valence-corrected chi connectivity index (χ2v) is 6.15. The summed E-state index contributed by atoms with van der Waals surface area (Å²) in [5, 5.41) is 14.5. The molecule has 0 unspecified atom stereocenters. The van der Waals surface area contributed by atoms with E-state index < -0.39 is 18.0 Å². The van der Waals surface area contributed by atoms with E-state index in [1.807, 2.05) is 18.4 Å². The van der Waals surface area contributed by atoms with Gasteiger partial charge in [0.25, 0.3) is 0 Å². The molecule has 0 heterocycles. The van der Waals surface area contributed by atoms with Gasteiger partial charge in [0.15, 0.2) is 0 Å². The van der Waals surface area contributed by atoms with Crippen LogP contribution in [-0.2, 0) is 17.6 Å². The lowest BCUT2D eigenvalue weighted by atomic mass is 10.1. The lowest BCUT2D eigenvalue weighted by molar-refractivity contribution is -0.139. The number of nitrogens with one attached hydrogen (secondary N) is 2. The van der Waals surface area contributed by atoms with Crippen molar-refractivity contribution in [2.24, 2.45) is 0 Å². The summed E-state index contributed by atoms with van der Waals surface area (Å²) in [6.45, 7) is 0. The van der Waals surface area contributed by atoms with Gasteiger partial charge in [0, 0.05) is 6.04 Å². The molecule has 1 aromatic carbocycles. The van der Waals surface area contributed by atoms with Crippen molar-refractivity contribution in [3.63, 3.8) is 0 Å². The van der Waals surface area contributed by atoms with Gasteiger partial charge in [-0.2, -0.15) is 11.8 Å². The SMILES string of the molecule is CSCC[C@H](NC(=O)NC1Cc2ccccc2C1)C(=O)O. The predicted octanol–water partition coefficient (Wildman–Crippen LogP) is 1.66. The van der Waals surface area contributed by atoms with Gasteiger partial charge in [0.05, 0.1) is 0 Å². The highest BCUT2D eigenvalue weighted by molar-refractivity contribution is 7.98. The number of carboxylic acids is 1. The van der Waals surface area contributed by atoms with E-state index in [1.165, 1.54) is 11.1 Å². The Morgan fingerprint density at radius 1 is 1.33 bits per heavy atom. The molecule has 6 heteroatoms. The van der Waals surface area contributed by atoms with Gasteiger partial charge in [-0.15, -0.1) is 0 Å². The van der Waals surface area contributed by atoms with Crippen molar-refractivity contribution >= 4 is 23.8 Å². The molecule has 0 fully saturated rings. The van der Waals surface area contributed by atoms with Crippen LogP contribution in [0.5, 0.6) is 0 Å². The van der Waals surface area contributed by atoms with Crippen LogP contribution in [0, 0.1) is 0 Å². The summed E-state index contributed by atoms with van der Waals surface area (Å²) < 4.78 is 0. The summed E-state index contributed by atoms with van der Waals surface area (Å²) in [4.78, 5) is 23.0. The quantitative estimate of drug-likeness (QED) is 0.747. The number of amides is 2. The van der Waals surface area contributed by atoms with Crippen LogP contribution in [0.4, 0.5) is 4.79 Å². The highest BCUT2D eigenvalue weighted by Crippen LogP contribution is 2.21. The molecule has 1 atom stereocenters. The number of carboxylic acid groups (broad SMARTS) is 1. The maximum absolute atomic E-state index is 11.9. The summed E-state index contributed by atoms with van der Waals surface area (Å²) in [6.07, 6.45) is 3.93. The number of urea groups is 1. The van der Waals surface area contributed by atoms with Gasteiger partial charge in [-0.05, 0) is 42.4 Å². The highest BCUT2D eigenvalue weighted by atomic mass is 32.2. The molecule has 2 rings (SSSR count). The van der Waals surface area contributed by atoms with Gasteiger partial charge in [-0.3, -0.25) is 0 Å². The smallest absolute Gasteiger partial charge is 0.326 e. The molecule has 3 N–H and O–H groups in total. The number of fused-ring (bicyclic) bond motifs is 1. The van der Waals surface area contributed by atoms with Crippen molar-refractivity contribution in [2.45, 2.75) is 31.3 Å². The normalized spacial score (nSPS) is 15.3. The van der Waals surface area contributed by atoms with Crippen molar-refractivity contribution in [1.29, 1.82) is 0 Å². The number of carbonyl (C=O) groups is 2. The molecule has 5 nitrogen and oxygen atoms in total. The monoisotopic (exact) mass is 308 g/mol. The molecule has 2 amide bonds. The van der Waals surface area contributed by atoms with Gasteiger partial charge < -0.3 is 15.7 Å². The van der Waals surface area contributed by atoms with E-state index in [4.69, 9.17) is 5.11 Å². The second kappa shape index (κ2) is 7.36. The van der Waals surface area contributed by atoms with Gasteiger partial charge >= 0.3 is 12.0 Å². The molecular formula is C15H20N2O3S. The molecule has 0 saturated carbocycles. The van der Waals surface area contributed by atoms with Crippen molar-refractivity contribution in [3.05, 3.63) is 35.4 Å². The molecular weight excluding hydrogens is 288 g/mol. The highest BCUT2D eigenvalue weighted by Gasteiger charge is 2.24. The summed E-state index contributed by atoms with van der Waals surface area (Å²) in [5.74, 6) is -0.291. The zero-order chi connectivity index (χ0) is 15.2. The van der Waals surface area contributed by atoms with Crippen LogP contribution in [0.2, 0.25) is 0 Å². The zero-order valence-corrected chi connectivity index (χ0v) is 12.8. The van der Waals surface area contributed by atoms with E-state index in [0.717, 1.165) is 12.8 Å². The zero-order valence-electron chi connectivity index (χ0n) is 12.0.